The summed E-state index contributed by atoms with van der Waals surface area (Å²) in [7, 11) is 0. The molecule has 1 N–H and O–H groups in total. The standard InChI is InChI=1S/C23H17ClF3N3O3.C22H15ClF3N3O3.2CH4/c1-2-32-22(31)21(14-7-9-15(10-8-14)23(25,26)27)33-20-12-11-16(24)13-19(20)30-28-17-5-3-4-6-18(17)29-30;1-21(20(30)31,13-6-8-14(9-7-13)22(24,25)26)32-19-11-10-15(23)12-18(19)29-27-16-4-2-3-5-17(16)28-29;;/h3-13,21H,2H2,1H3;2-12H,1H3,(H,30,31);2*1H4. The molecule has 0 aliphatic rings. The lowest BCUT2D eigenvalue weighted by Crippen LogP contribution is -2.39. The molecular weight excluding hydrogens is 929 g/mol. The maximum absolute atomic E-state index is 13.0. The van der Waals surface area contributed by atoms with Gasteiger partial charge in [-0.2, -0.15) is 26.3 Å². The van der Waals surface area contributed by atoms with Gasteiger partial charge in [0.15, 0.2) is 0 Å². The van der Waals surface area contributed by atoms with E-state index in [4.69, 9.17) is 37.4 Å². The zero-order chi connectivity index (χ0) is 46.7. The van der Waals surface area contributed by atoms with Crippen LogP contribution < -0.4 is 9.47 Å². The largest absolute Gasteiger partial charge is 0.478 e. The Labute approximate surface area is 389 Å². The first kappa shape index (κ1) is 50.8. The molecule has 0 saturated carbocycles. The fourth-order valence-electron chi connectivity index (χ4n) is 6.28. The number of nitrogens with zero attached hydrogens (tertiary/aromatic N) is 6. The third kappa shape index (κ3) is 11.4. The summed E-state index contributed by atoms with van der Waals surface area (Å²) in [5.41, 5.74) is -0.432. The summed E-state index contributed by atoms with van der Waals surface area (Å²) in [5.74, 6) is -1.87. The highest BCUT2D eigenvalue weighted by Gasteiger charge is 2.40. The van der Waals surface area contributed by atoms with Gasteiger partial charge in [-0.1, -0.05) is 86.6 Å². The highest BCUT2D eigenvalue weighted by Crippen LogP contribution is 2.37. The van der Waals surface area contributed by atoms with Gasteiger partial charge in [-0.05, 0) is 98.8 Å². The van der Waals surface area contributed by atoms with Gasteiger partial charge in [0.1, 0.15) is 44.9 Å². The lowest BCUT2D eigenvalue weighted by molar-refractivity contribution is -0.154. The highest BCUT2D eigenvalue weighted by atomic mass is 35.5. The van der Waals surface area contributed by atoms with Gasteiger partial charge < -0.3 is 19.3 Å². The molecule has 350 valence electrons. The molecular formula is C47H40Cl2F6N6O6. The number of benzene rings is 6. The van der Waals surface area contributed by atoms with E-state index in [0.29, 0.717) is 37.8 Å². The molecule has 0 spiro atoms. The van der Waals surface area contributed by atoms with E-state index in [0.717, 1.165) is 36.4 Å². The predicted molar refractivity (Wildman–Crippen MR) is 240 cm³/mol. The van der Waals surface area contributed by atoms with Gasteiger partial charge in [0.2, 0.25) is 11.7 Å². The number of hydrogen-bond acceptors (Lipinski definition) is 9. The fraction of sp³-hybridized carbons (Fsp3) is 0.191. The van der Waals surface area contributed by atoms with Gasteiger partial charge in [0.05, 0.1) is 17.7 Å². The van der Waals surface area contributed by atoms with Crippen molar-refractivity contribution in [1.29, 1.82) is 0 Å². The number of carbonyl (C=O) groups is 2. The molecule has 0 amide bonds. The monoisotopic (exact) mass is 968 g/mol. The number of hydrogen-bond donors (Lipinski definition) is 1. The van der Waals surface area contributed by atoms with Gasteiger partial charge in [0.25, 0.3) is 0 Å². The van der Waals surface area contributed by atoms with E-state index in [2.05, 4.69) is 20.4 Å². The SMILES string of the molecule is C.C.CC(Oc1ccc(Cl)cc1-n1nc2ccccc2n1)(C(=O)O)c1ccc(C(F)(F)F)cc1.CCOC(=O)C(Oc1ccc(Cl)cc1-n1nc2ccccc2n1)c1ccc(C(F)(F)F)cc1. The Bertz CT molecular complexity index is 2930. The number of carboxylic acids is 1. The average molecular weight is 970 g/mol. The lowest BCUT2D eigenvalue weighted by Gasteiger charge is -2.28. The van der Waals surface area contributed by atoms with E-state index >= 15 is 0 Å². The average Bonchev–Trinajstić information content (AvgIpc) is 3.91. The molecule has 2 heterocycles. The van der Waals surface area contributed by atoms with Crippen LogP contribution in [0.4, 0.5) is 26.3 Å². The molecule has 0 fully saturated rings. The van der Waals surface area contributed by atoms with E-state index in [1.807, 2.05) is 12.1 Å². The van der Waals surface area contributed by atoms with Crippen molar-refractivity contribution in [2.75, 3.05) is 6.61 Å². The van der Waals surface area contributed by atoms with Gasteiger partial charge >= 0.3 is 24.3 Å². The number of carboxylic acid groups (broad SMARTS) is 1. The summed E-state index contributed by atoms with van der Waals surface area (Å²) in [6.45, 7) is 2.94. The zero-order valence-corrected chi connectivity index (χ0v) is 35.2. The van der Waals surface area contributed by atoms with E-state index < -0.39 is 47.1 Å². The van der Waals surface area contributed by atoms with Crippen LogP contribution in [0.25, 0.3) is 33.4 Å². The molecule has 2 unspecified atom stereocenters. The predicted octanol–water partition coefficient (Wildman–Crippen LogP) is 12.5. The van der Waals surface area contributed by atoms with Crippen molar-refractivity contribution in [3.63, 3.8) is 0 Å². The van der Waals surface area contributed by atoms with Crippen molar-refractivity contribution in [3.05, 3.63) is 166 Å². The third-order valence-electron chi connectivity index (χ3n) is 9.62. The minimum absolute atomic E-state index is 0. The summed E-state index contributed by atoms with van der Waals surface area (Å²) in [6, 6.07) is 31.3. The van der Waals surface area contributed by atoms with Crippen molar-refractivity contribution in [3.8, 4) is 22.9 Å². The van der Waals surface area contributed by atoms with E-state index in [1.165, 1.54) is 52.9 Å². The quantitative estimate of drug-likeness (QED) is 0.0982. The molecule has 8 rings (SSSR count). The number of esters is 1. The topological polar surface area (TPSA) is 143 Å². The molecule has 8 aromatic rings. The van der Waals surface area contributed by atoms with Crippen LogP contribution in [-0.4, -0.2) is 53.6 Å². The van der Waals surface area contributed by atoms with Crippen molar-refractivity contribution in [1.82, 2.24) is 30.0 Å². The Balaban J connectivity index is 0.000000244. The number of ether oxygens (including phenoxy) is 3. The van der Waals surface area contributed by atoms with Crippen molar-refractivity contribution in [2.24, 2.45) is 0 Å². The molecule has 0 aliphatic carbocycles. The van der Waals surface area contributed by atoms with Gasteiger partial charge in [0, 0.05) is 21.2 Å². The minimum Gasteiger partial charge on any atom is -0.478 e. The molecule has 0 saturated heterocycles. The second-order valence-electron chi connectivity index (χ2n) is 14.1. The number of alkyl halides is 6. The van der Waals surface area contributed by atoms with Crippen LogP contribution in [-0.2, 0) is 32.3 Å². The second kappa shape index (κ2) is 20.6. The Morgan fingerprint density at radius 1 is 0.612 bits per heavy atom. The summed E-state index contributed by atoms with van der Waals surface area (Å²) in [5, 5.41) is 28.2. The molecule has 2 atom stereocenters. The number of fused-ring (bicyclic) bond motifs is 2. The van der Waals surface area contributed by atoms with Gasteiger partial charge in [-0.25, -0.2) is 9.59 Å². The summed E-state index contributed by atoms with van der Waals surface area (Å²) in [4.78, 5) is 27.4. The van der Waals surface area contributed by atoms with E-state index in [-0.39, 0.29) is 49.8 Å². The van der Waals surface area contributed by atoms with Gasteiger partial charge in [-0.15, -0.1) is 30.0 Å². The third-order valence-corrected chi connectivity index (χ3v) is 10.1. The Kier molecular flexibility index (Phi) is 15.6. The normalized spacial score (nSPS) is 12.7. The summed E-state index contributed by atoms with van der Waals surface area (Å²) >= 11 is 12.3. The van der Waals surface area contributed by atoms with Crippen LogP contribution >= 0.6 is 23.2 Å². The first-order valence-electron chi connectivity index (χ1n) is 19.2. The Morgan fingerprint density at radius 3 is 1.40 bits per heavy atom. The number of halogens is 8. The first-order chi connectivity index (χ1) is 30.8. The molecule has 6 aromatic carbocycles. The minimum atomic E-state index is -4.55. The maximum Gasteiger partial charge on any atom is 0.416 e. The molecule has 67 heavy (non-hydrogen) atoms. The number of aliphatic carboxylic acids is 1. The number of rotatable bonds is 11. The van der Waals surface area contributed by atoms with Crippen LogP contribution in [0.1, 0.15) is 57.1 Å². The smallest absolute Gasteiger partial charge is 0.416 e. The number of aromatic nitrogens is 6. The fourth-order valence-corrected chi connectivity index (χ4v) is 6.61. The van der Waals surface area contributed by atoms with Crippen LogP contribution in [0, 0.1) is 0 Å². The summed E-state index contributed by atoms with van der Waals surface area (Å²) in [6.07, 6.45) is -10.4. The van der Waals surface area contributed by atoms with E-state index in [1.54, 1.807) is 55.5 Å². The molecule has 0 bridgehead atoms. The molecule has 20 heteroatoms. The van der Waals surface area contributed by atoms with Crippen molar-refractivity contribution in [2.45, 2.75) is 52.8 Å². The maximum atomic E-state index is 13.0. The Hall–Kier alpha value is -7.18. The second-order valence-corrected chi connectivity index (χ2v) is 14.9. The first-order valence-corrected chi connectivity index (χ1v) is 19.9. The van der Waals surface area contributed by atoms with Crippen LogP contribution in [0.5, 0.6) is 11.5 Å². The van der Waals surface area contributed by atoms with E-state index in [9.17, 15) is 41.0 Å². The number of carbonyl (C=O) groups excluding carboxylic acids is 1. The highest BCUT2D eigenvalue weighted by molar-refractivity contribution is 6.31. The molecule has 12 nitrogen and oxygen atoms in total. The molecule has 0 aliphatic heterocycles. The van der Waals surface area contributed by atoms with Crippen LogP contribution in [0.2, 0.25) is 10.0 Å². The van der Waals surface area contributed by atoms with Crippen LogP contribution in [0.3, 0.4) is 0 Å². The zero-order valence-electron chi connectivity index (χ0n) is 33.7. The van der Waals surface area contributed by atoms with Gasteiger partial charge in [-0.3, -0.25) is 0 Å². The van der Waals surface area contributed by atoms with Crippen molar-refractivity contribution < 1.29 is 55.2 Å². The molecule has 2 aromatic heterocycles. The van der Waals surface area contributed by atoms with Crippen molar-refractivity contribution >= 4 is 57.2 Å². The summed E-state index contributed by atoms with van der Waals surface area (Å²) < 4.78 is 94.5. The Morgan fingerprint density at radius 2 is 1.00 bits per heavy atom. The lowest BCUT2D eigenvalue weighted by atomic mass is 9.94. The van der Waals surface area contributed by atoms with Crippen LogP contribution in [0.15, 0.2) is 133 Å². The molecule has 0 radical (unpaired) electrons.